The topological polar surface area (TPSA) is 95.9 Å². The second-order valence-corrected chi connectivity index (χ2v) is 9.33. The molecule has 3 atom stereocenters. The average molecular weight is 518 g/mol. The molecule has 0 aliphatic carbocycles. The molecule has 1 aromatic carbocycles. The predicted octanol–water partition coefficient (Wildman–Crippen LogP) is 3.39. The van der Waals surface area contributed by atoms with Gasteiger partial charge in [-0.15, -0.1) is 35.5 Å². The Kier molecular flexibility index (Phi) is 8.37. The maximum Gasteiger partial charge on any atom is 0.323 e. The number of nitrogens with one attached hydrogen (secondary N) is 1. The Labute approximate surface area is 215 Å². The van der Waals surface area contributed by atoms with Crippen molar-refractivity contribution in [3.05, 3.63) is 58.2 Å². The summed E-state index contributed by atoms with van der Waals surface area (Å²) in [5.41, 5.74) is 0.0638. The number of halogens is 1. The van der Waals surface area contributed by atoms with Gasteiger partial charge in [-0.1, -0.05) is 36.3 Å². The fourth-order valence-electron chi connectivity index (χ4n) is 3.36. The number of carbonyl (C=O) groups excluding carboxylic acids is 2. The van der Waals surface area contributed by atoms with Crippen LogP contribution in [0.5, 0.6) is 0 Å². The van der Waals surface area contributed by atoms with Crippen molar-refractivity contribution < 1.29 is 31.1 Å². The number of rotatable bonds is 10. The highest BCUT2D eigenvalue weighted by atomic mass is 35.5. The van der Waals surface area contributed by atoms with Gasteiger partial charge in [-0.3, -0.25) is 19.7 Å². The van der Waals surface area contributed by atoms with Crippen LogP contribution in [0.1, 0.15) is 35.9 Å². The van der Waals surface area contributed by atoms with Crippen LogP contribution in [0.25, 0.3) is 0 Å². The third kappa shape index (κ3) is 8.03. The number of nitrogens with zero attached hydrogens (tertiary/aromatic N) is 1. The van der Waals surface area contributed by atoms with Gasteiger partial charge in [0, 0.05) is 17.2 Å². The van der Waals surface area contributed by atoms with E-state index in [0.29, 0.717) is 0 Å². The average Bonchev–Trinajstić information content (AvgIpc) is 3.35. The minimum absolute atomic E-state index is 0. The number of carbonyl (C=O) groups is 3. The highest BCUT2D eigenvalue weighted by molar-refractivity contribution is 7.99. The Morgan fingerprint density at radius 2 is 2.12 bits per heavy atom. The summed E-state index contributed by atoms with van der Waals surface area (Å²) in [5.74, 6) is -1.96. The van der Waals surface area contributed by atoms with E-state index in [1.54, 1.807) is 6.92 Å². The van der Waals surface area contributed by atoms with E-state index in [-0.39, 0.29) is 67.1 Å². The molecule has 10 heteroatoms. The van der Waals surface area contributed by atoms with E-state index < -0.39 is 54.6 Å². The van der Waals surface area contributed by atoms with E-state index in [0.717, 1.165) is 4.88 Å². The van der Waals surface area contributed by atoms with Crippen molar-refractivity contribution >= 4 is 53.4 Å². The highest BCUT2D eigenvalue weighted by Crippen LogP contribution is 2.35. The zero-order valence-corrected chi connectivity index (χ0v) is 20.4. The van der Waals surface area contributed by atoms with E-state index in [9.17, 15) is 19.5 Å². The molecule has 0 radical (unpaired) electrons. The van der Waals surface area contributed by atoms with Crippen molar-refractivity contribution in [2.45, 2.75) is 37.1 Å². The van der Waals surface area contributed by atoms with Gasteiger partial charge in [0.1, 0.15) is 12.6 Å². The molecule has 1 aliphatic rings. The minimum atomic E-state index is -1.15. The van der Waals surface area contributed by atoms with Gasteiger partial charge in [0.15, 0.2) is 0 Å². The van der Waals surface area contributed by atoms with Gasteiger partial charge in [0.05, 0.1) is 24.8 Å². The summed E-state index contributed by atoms with van der Waals surface area (Å²) in [6.45, 7) is 1.45. The Balaban J connectivity index is 0.00000507. The largest absolute Gasteiger partial charge is 0.480 e. The number of carboxylic acids is 1. The molecule has 33 heavy (non-hydrogen) atoms. The Bertz CT molecular complexity index is 1130. The van der Waals surface area contributed by atoms with Gasteiger partial charge in [-0.05, 0) is 36.8 Å². The number of ether oxygens (including phenoxy) is 1. The van der Waals surface area contributed by atoms with E-state index in [1.807, 2.05) is 17.5 Å². The van der Waals surface area contributed by atoms with Gasteiger partial charge >= 0.3 is 11.9 Å². The van der Waals surface area contributed by atoms with Crippen molar-refractivity contribution in [2.24, 2.45) is 0 Å². The Morgan fingerprint density at radius 1 is 1.36 bits per heavy atom. The van der Waals surface area contributed by atoms with E-state index in [4.69, 9.17) is 11.6 Å². The Hall–Kier alpha value is -2.07. The number of hydrogen-bond acceptors (Lipinski definition) is 7. The molecule has 1 aromatic heterocycles. The number of esters is 1. The summed E-state index contributed by atoms with van der Waals surface area (Å²) in [7, 11) is 0. The van der Waals surface area contributed by atoms with E-state index >= 15 is 0 Å². The maximum atomic E-state index is 13.3. The zero-order valence-electron chi connectivity index (χ0n) is 23.0. The second kappa shape index (κ2) is 13.6. The van der Waals surface area contributed by atoms with Crippen LogP contribution in [0, 0.1) is 0 Å². The molecule has 1 amide bonds. The molecule has 0 spiro atoms. The first kappa shape index (κ1) is 20.3. The third-order valence-corrected chi connectivity index (χ3v) is 7.32. The molecule has 1 saturated heterocycles. The highest BCUT2D eigenvalue weighted by Gasteiger charge is 2.36. The van der Waals surface area contributed by atoms with Crippen LogP contribution in [-0.4, -0.2) is 65.4 Å². The fraction of sp³-hybridized carbons (Fsp3) is 0.435. The van der Waals surface area contributed by atoms with Crippen molar-refractivity contribution in [1.82, 2.24) is 10.2 Å². The van der Waals surface area contributed by atoms with Crippen molar-refractivity contribution in [3.63, 3.8) is 0 Å². The van der Waals surface area contributed by atoms with Crippen LogP contribution in [0.2, 0.25) is 0 Å². The first-order valence-corrected chi connectivity index (χ1v) is 12.1. The molecule has 7 nitrogen and oxygen atoms in total. The number of benzene rings is 1. The van der Waals surface area contributed by atoms with Crippen LogP contribution in [0.4, 0.5) is 0 Å². The standard InChI is InChI=1S/C23H28N2O5S2.ClH/c1-2-30-23(29)17(11-10-16-7-4-3-5-8-16)24-18-15-32-20(19-9-6-12-31-19)13-25(22(18)28)14-21(26)27;/h3-9,12,17-18,20,24H,2,10-11,13-15H2,1H3,(H,26,27);1H/t17-,18-,20-;/m0./s1/i3D,4D,5D,7D,8D;. The molecule has 1 aliphatic heterocycles. The zero-order chi connectivity index (χ0) is 27.3. The first-order chi connectivity index (χ1) is 17.5. The molecular weight excluding hydrogens is 484 g/mol. The minimum Gasteiger partial charge on any atom is -0.480 e. The summed E-state index contributed by atoms with van der Waals surface area (Å²) in [5, 5.41) is 14.2. The molecule has 2 heterocycles. The molecule has 0 unspecified atom stereocenters. The van der Waals surface area contributed by atoms with Gasteiger partial charge < -0.3 is 14.7 Å². The van der Waals surface area contributed by atoms with Gasteiger partial charge in [-0.2, -0.15) is 0 Å². The number of hydrogen-bond donors (Lipinski definition) is 2. The van der Waals surface area contributed by atoms with Crippen LogP contribution >= 0.6 is 35.5 Å². The van der Waals surface area contributed by atoms with Crippen molar-refractivity contribution in [2.75, 3.05) is 25.4 Å². The predicted molar refractivity (Wildman–Crippen MR) is 133 cm³/mol. The van der Waals surface area contributed by atoms with Crippen LogP contribution in [0.3, 0.4) is 0 Å². The monoisotopic (exact) mass is 517 g/mol. The first-order valence-electron chi connectivity index (χ1n) is 12.7. The smallest absolute Gasteiger partial charge is 0.323 e. The number of thioether (sulfide) groups is 1. The van der Waals surface area contributed by atoms with Crippen LogP contribution < -0.4 is 5.32 Å². The van der Waals surface area contributed by atoms with Gasteiger partial charge in [0.2, 0.25) is 5.91 Å². The lowest BCUT2D eigenvalue weighted by Crippen LogP contribution is -2.53. The molecule has 180 valence electrons. The van der Waals surface area contributed by atoms with Gasteiger partial charge in [-0.25, -0.2) is 0 Å². The lowest BCUT2D eigenvalue weighted by Gasteiger charge is -2.26. The summed E-state index contributed by atoms with van der Waals surface area (Å²) >= 11 is 3.01. The molecule has 3 rings (SSSR count). The molecular formula is C23H29ClN2O5S2. The lowest BCUT2D eigenvalue weighted by atomic mass is 10.0. The van der Waals surface area contributed by atoms with E-state index in [2.05, 4.69) is 5.32 Å². The third-order valence-electron chi connectivity index (χ3n) is 4.85. The van der Waals surface area contributed by atoms with Crippen LogP contribution in [0.15, 0.2) is 47.7 Å². The fourth-order valence-corrected chi connectivity index (χ4v) is 5.62. The molecule has 0 bridgehead atoms. The maximum absolute atomic E-state index is 13.3. The molecule has 0 saturated carbocycles. The van der Waals surface area contributed by atoms with Crippen LogP contribution in [-0.2, 0) is 25.5 Å². The Morgan fingerprint density at radius 3 is 2.76 bits per heavy atom. The van der Waals surface area contributed by atoms with Crippen molar-refractivity contribution in [3.8, 4) is 0 Å². The quantitative estimate of drug-likeness (QED) is 0.466. The molecule has 2 aromatic rings. The number of thiophene rings is 1. The SMILES string of the molecule is Cl.[2H]c1c([2H])c([2H])c(CC[C@H](N[C@H]2CS[C@H](c3cccs3)CN(CC(=O)O)C2=O)C(=O)OCC)c([2H])c1[2H]. The summed E-state index contributed by atoms with van der Waals surface area (Å²) in [6.07, 6.45) is -0.0224. The molecule has 1 fully saturated rings. The van der Waals surface area contributed by atoms with Gasteiger partial charge in [0.25, 0.3) is 0 Å². The van der Waals surface area contributed by atoms with E-state index in [1.165, 1.54) is 28.0 Å². The summed E-state index contributed by atoms with van der Waals surface area (Å²) < 4.78 is 44.9. The number of amides is 1. The second-order valence-electron chi connectivity index (χ2n) is 7.12. The summed E-state index contributed by atoms with van der Waals surface area (Å²) in [4.78, 5) is 39.9. The summed E-state index contributed by atoms with van der Waals surface area (Å²) in [6, 6.07) is -0.199. The number of aliphatic carboxylic acids is 1. The lowest BCUT2D eigenvalue weighted by molar-refractivity contribution is -0.148. The normalized spacial score (nSPS) is 21.4. The number of carboxylic acid groups (broad SMARTS) is 1. The molecule has 2 N–H and O–H groups in total. The van der Waals surface area contributed by atoms with Crippen molar-refractivity contribution in [1.29, 1.82) is 0 Å².